The van der Waals surface area contributed by atoms with Crippen LogP contribution in [0.2, 0.25) is 0 Å². The van der Waals surface area contributed by atoms with Crippen LogP contribution in [0.15, 0.2) is 28.7 Å². The Bertz CT molecular complexity index is 575. The number of carbonyl (C=O) groups is 1. The van der Waals surface area contributed by atoms with Gasteiger partial charge in [-0.05, 0) is 19.4 Å². The van der Waals surface area contributed by atoms with Crippen LogP contribution in [0.25, 0.3) is 11.0 Å². The molecule has 0 bridgehead atoms. The minimum atomic E-state index is -0.435. The van der Waals surface area contributed by atoms with E-state index in [-0.39, 0.29) is 5.91 Å². The Morgan fingerprint density at radius 3 is 2.84 bits per heavy atom. The number of fused-ring (bicyclic) bond motifs is 1. The van der Waals surface area contributed by atoms with Gasteiger partial charge in [-0.15, -0.1) is 0 Å². The Kier molecular flexibility index (Phi) is 4.22. The van der Waals surface area contributed by atoms with Crippen molar-refractivity contribution in [2.75, 3.05) is 0 Å². The highest BCUT2D eigenvalue weighted by Gasteiger charge is 2.14. The second kappa shape index (κ2) is 5.89. The van der Waals surface area contributed by atoms with Gasteiger partial charge >= 0.3 is 0 Å². The molecule has 1 aromatic carbocycles. The van der Waals surface area contributed by atoms with Crippen molar-refractivity contribution in [2.45, 2.75) is 39.3 Å². The summed E-state index contributed by atoms with van der Waals surface area (Å²) in [5.41, 5.74) is 7.68. The maximum absolute atomic E-state index is 11.8. The quantitative estimate of drug-likeness (QED) is 0.867. The van der Waals surface area contributed by atoms with E-state index in [1.54, 1.807) is 0 Å². The third-order valence-electron chi connectivity index (χ3n) is 3.30. The lowest BCUT2D eigenvalue weighted by atomic mass is 10.1. The molecule has 2 rings (SSSR count). The third kappa shape index (κ3) is 2.96. The average molecular weight is 260 g/mol. The van der Waals surface area contributed by atoms with E-state index in [4.69, 9.17) is 10.2 Å². The zero-order valence-corrected chi connectivity index (χ0v) is 11.4. The molecule has 2 aromatic rings. The molecular weight excluding hydrogens is 240 g/mol. The summed E-state index contributed by atoms with van der Waals surface area (Å²) in [5.74, 6) is 0.667. The second-order valence-electron chi connectivity index (χ2n) is 4.76. The molecule has 3 N–H and O–H groups in total. The van der Waals surface area contributed by atoms with Crippen LogP contribution in [0.4, 0.5) is 0 Å². The highest BCUT2D eigenvalue weighted by atomic mass is 16.3. The van der Waals surface area contributed by atoms with Crippen LogP contribution in [0.3, 0.4) is 0 Å². The van der Waals surface area contributed by atoms with Crippen molar-refractivity contribution in [3.8, 4) is 0 Å². The van der Waals surface area contributed by atoms with Crippen molar-refractivity contribution in [1.82, 2.24) is 5.32 Å². The SMILES string of the molecule is CCCC(N)C(=O)NCc1oc2ccccc2c1C. The van der Waals surface area contributed by atoms with Gasteiger partial charge in [0.2, 0.25) is 5.91 Å². The number of amides is 1. The van der Waals surface area contributed by atoms with Gasteiger partial charge in [0.15, 0.2) is 0 Å². The van der Waals surface area contributed by atoms with Crippen molar-refractivity contribution in [1.29, 1.82) is 0 Å². The van der Waals surface area contributed by atoms with Crippen molar-refractivity contribution in [2.24, 2.45) is 5.73 Å². The lowest BCUT2D eigenvalue weighted by Crippen LogP contribution is -2.40. The Labute approximate surface area is 113 Å². The van der Waals surface area contributed by atoms with Gasteiger partial charge in [0, 0.05) is 10.9 Å². The summed E-state index contributed by atoms with van der Waals surface area (Å²) >= 11 is 0. The maximum atomic E-state index is 11.8. The average Bonchev–Trinajstić information content (AvgIpc) is 2.73. The molecule has 19 heavy (non-hydrogen) atoms. The Balaban J connectivity index is 2.06. The largest absolute Gasteiger partial charge is 0.459 e. The molecule has 0 spiro atoms. The number of hydrogen-bond donors (Lipinski definition) is 2. The van der Waals surface area contributed by atoms with E-state index in [1.807, 2.05) is 38.1 Å². The highest BCUT2D eigenvalue weighted by Crippen LogP contribution is 2.24. The van der Waals surface area contributed by atoms with E-state index in [2.05, 4.69) is 5.32 Å². The number of furan rings is 1. The van der Waals surface area contributed by atoms with Gasteiger partial charge in [0.1, 0.15) is 11.3 Å². The van der Waals surface area contributed by atoms with Gasteiger partial charge in [-0.1, -0.05) is 31.5 Å². The fourth-order valence-corrected chi connectivity index (χ4v) is 2.13. The van der Waals surface area contributed by atoms with Crippen LogP contribution in [0, 0.1) is 6.92 Å². The molecule has 0 aliphatic carbocycles. The fourth-order valence-electron chi connectivity index (χ4n) is 2.13. The smallest absolute Gasteiger partial charge is 0.237 e. The normalized spacial score (nSPS) is 12.6. The molecule has 0 radical (unpaired) electrons. The van der Waals surface area contributed by atoms with Gasteiger partial charge in [-0.2, -0.15) is 0 Å². The molecule has 1 aromatic heterocycles. The minimum Gasteiger partial charge on any atom is -0.459 e. The third-order valence-corrected chi connectivity index (χ3v) is 3.30. The molecule has 0 aliphatic heterocycles. The van der Waals surface area contributed by atoms with Crippen LogP contribution in [0.5, 0.6) is 0 Å². The number of carbonyl (C=O) groups excluding carboxylic acids is 1. The molecule has 1 atom stereocenters. The van der Waals surface area contributed by atoms with E-state index in [9.17, 15) is 4.79 Å². The van der Waals surface area contributed by atoms with Crippen LogP contribution >= 0.6 is 0 Å². The second-order valence-corrected chi connectivity index (χ2v) is 4.76. The molecule has 0 saturated carbocycles. The van der Waals surface area contributed by atoms with Crippen LogP contribution < -0.4 is 11.1 Å². The molecule has 4 heteroatoms. The van der Waals surface area contributed by atoms with E-state index in [0.717, 1.165) is 28.7 Å². The fraction of sp³-hybridized carbons (Fsp3) is 0.400. The van der Waals surface area contributed by atoms with Crippen LogP contribution in [0.1, 0.15) is 31.1 Å². The molecular formula is C15H20N2O2. The molecule has 1 amide bonds. The number of aryl methyl sites for hydroxylation is 1. The molecule has 102 valence electrons. The summed E-state index contributed by atoms with van der Waals surface area (Å²) in [5, 5.41) is 3.92. The number of nitrogens with two attached hydrogens (primary N) is 1. The van der Waals surface area contributed by atoms with Crippen LogP contribution in [-0.4, -0.2) is 11.9 Å². The van der Waals surface area contributed by atoms with Crippen molar-refractivity contribution in [3.05, 3.63) is 35.6 Å². The standard InChI is InChI=1S/C15H20N2O2/c1-3-6-12(16)15(18)17-9-14-10(2)11-7-4-5-8-13(11)19-14/h4-5,7-8,12H,3,6,9,16H2,1-2H3,(H,17,18). The number of benzene rings is 1. The molecule has 1 unspecified atom stereocenters. The van der Waals surface area contributed by atoms with E-state index in [1.165, 1.54) is 0 Å². The predicted molar refractivity (Wildman–Crippen MR) is 75.7 cm³/mol. The van der Waals surface area contributed by atoms with Gasteiger partial charge in [-0.25, -0.2) is 0 Å². The Hall–Kier alpha value is -1.81. The summed E-state index contributed by atoms with van der Waals surface area (Å²) < 4.78 is 5.73. The summed E-state index contributed by atoms with van der Waals surface area (Å²) in [6.07, 6.45) is 1.60. The number of rotatable bonds is 5. The van der Waals surface area contributed by atoms with E-state index < -0.39 is 6.04 Å². The molecule has 0 fully saturated rings. The van der Waals surface area contributed by atoms with Crippen LogP contribution in [-0.2, 0) is 11.3 Å². The first kappa shape index (κ1) is 13.6. The van der Waals surface area contributed by atoms with E-state index >= 15 is 0 Å². The monoisotopic (exact) mass is 260 g/mol. The summed E-state index contributed by atoms with van der Waals surface area (Å²) in [4.78, 5) is 11.8. The van der Waals surface area contributed by atoms with E-state index in [0.29, 0.717) is 13.0 Å². The van der Waals surface area contributed by atoms with Gasteiger partial charge in [-0.3, -0.25) is 4.79 Å². The van der Waals surface area contributed by atoms with Gasteiger partial charge in [0.05, 0.1) is 12.6 Å². The zero-order valence-electron chi connectivity index (χ0n) is 11.4. The summed E-state index contributed by atoms with van der Waals surface area (Å²) in [6.45, 7) is 4.40. The van der Waals surface area contributed by atoms with Gasteiger partial charge < -0.3 is 15.5 Å². The predicted octanol–water partition coefficient (Wildman–Crippen LogP) is 2.48. The number of hydrogen-bond acceptors (Lipinski definition) is 3. The topological polar surface area (TPSA) is 68.3 Å². The Morgan fingerprint density at radius 1 is 1.42 bits per heavy atom. The number of nitrogens with one attached hydrogen (secondary N) is 1. The van der Waals surface area contributed by atoms with Crippen molar-refractivity contribution >= 4 is 16.9 Å². The minimum absolute atomic E-state index is 0.123. The lowest BCUT2D eigenvalue weighted by Gasteiger charge is -2.10. The molecule has 0 aliphatic rings. The maximum Gasteiger partial charge on any atom is 0.237 e. The Morgan fingerprint density at radius 2 is 2.16 bits per heavy atom. The highest BCUT2D eigenvalue weighted by molar-refractivity contribution is 5.83. The van der Waals surface area contributed by atoms with Gasteiger partial charge in [0.25, 0.3) is 0 Å². The van der Waals surface area contributed by atoms with Crippen molar-refractivity contribution < 1.29 is 9.21 Å². The first-order chi connectivity index (χ1) is 9.13. The molecule has 0 saturated heterocycles. The molecule has 4 nitrogen and oxygen atoms in total. The first-order valence-electron chi connectivity index (χ1n) is 6.63. The zero-order chi connectivity index (χ0) is 13.8. The van der Waals surface area contributed by atoms with Crippen molar-refractivity contribution in [3.63, 3.8) is 0 Å². The lowest BCUT2D eigenvalue weighted by molar-refractivity contribution is -0.122. The number of para-hydroxylation sites is 1. The summed E-state index contributed by atoms with van der Waals surface area (Å²) in [6, 6.07) is 7.42. The molecule has 1 heterocycles. The summed E-state index contributed by atoms with van der Waals surface area (Å²) in [7, 11) is 0. The first-order valence-corrected chi connectivity index (χ1v) is 6.63.